The molecule has 0 atom stereocenters. The Morgan fingerprint density at radius 3 is 2.26 bits per heavy atom. The molecule has 1 aliphatic heterocycles. The Labute approximate surface area is 113 Å². The third kappa shape index (κ3) is 3.88. The standard InChI is InChI=1S/C13H19BN2O3/c1-15-6-8-16(9-7-15)10-13(17)11-2-4-12(5-3-11)14(18)19/h2-5,18-19H,6-10H2,1H3. The van der Waals surface area contributed by atoms with Gasteiger partial charge in [0.05, 0.1) is 6.54 Å². The lowest BCUT2D eigenvalue weighted by Crippen LogP contribution is -2.46. The van der Waals surface area contributed by atoms with Gasteiger partial charge in [-0.2, -0.15) is 0 Å². The van der Waals surface area contributed by atoms with Crippen molar-refractivity contribution in [3.8, 4) is 0 Å². The molecule has 0 amide bonds. The molecule has 5 nitrogen and oxygen atoms in total. The van der Waals surface area contributed by atoms with Crippen LogP contribution < -0.4 is 5.46 Å². The van der Waals surface area contributed by atoms with Crippen LogP contribution in [0.4, 0.5) is 0 Å². The predicted molar refractivity (Wildman–Crippen MR) is 74.5 cm³/mol. The first kappa shape index (κ1) is 14.2. The lowest BCUT2D eigenvalue weighted by atomic mass is 9.80. The number of likely N-dealkylation sites (N-methyl/N-ethyl adjacent to an activating group) is 1. The molecule has 2 rings (SSSR count). The second kappa shape index (κ2) is 6.30. The van der Waals surface area contributed by atoms with E-state index >= 15 is 0 Å². The number of carbonyl (C=O) groups excluding carboxylic acids is 1. The molecule has 1 aliphatic rings. The summed E-state index contributed by atoms with van der Waals surface area (Å²) in [6.07, 6.45) is 0. The van der Waals surface area contributed by atoms with E-state index < -0.39 is 7.12 Å². The van der Waals surface area contributed by atoms with Crippen LogP contribution in [0.1, 0.15) is 10.4 Å². The van der Waals surface area contributed by atoms with E-state index in [9.17, 15) is 4.79 Å². The van der Waals surface area contributed by atoms with Crippen LogP contribution in [-0.4, -0.2) is 72.5 Å². The predicted octanol–water partition coefficient (Wildman–Crippen LogP) is -1.20. The summed E-state index contributed by atoms with van der Waals surface area (Å²) in [4.78, 5) is 16.5. The molecule has 2 N–H and O–H groups in total. The Balaban J connectivity index is 1.92. The summed E-state index contributed by atoms with van der Waals surface area (Å²) in [5.41, 5.74) is 1.01. The zero-order chi connectivity index (χ0) is 13.8. The Morgan fingerprint density at radius 1 is 1.16 bits per heavy atom. The van der Waals surface area contributed by atoms with Gasteiger partial charge in [-0.1, -0.05) is 24.3 Å². The zero-order valence-electron chi connectivity index (χ0n) is 11.1. The molecule has 0 unspecified atom stereocenters. The van der Waals surface area contributed by atoms with Crippen LogP contribution in [0.2, 0.25) is 0 Å². The highest BCUT2D eigenvalue weighted by molar-refractivity contribution is 6.58. The molecule has 0 radical (unpaired) electrons. The molecular formula is C13H19BN2O3. The van der Waals surface area contributed by atoms with Crippen LogP contribution in [-0.2, 0) is 0 Å². The fourth-order valence-corrected chi connectivity index (χ4v) is 2.14. The number of piperazine rings is 1. The second-order valence-electron chi connectivity index (χ2n) is 5.00. The summed E-state index contributed by atoms with van der Waals surface area (Å²) in [6.45, 7) is 4.23. The molecule has 0 aliphatic carbocycles. The number of nitrogens with zero attached hydrogens (tertiary/aromatic N) is 2. The van der Waals surface area contributed by atoms with Crippen LogP contribution >= 0.6 is 0 Å². The van der Waals surface area contributed by atoms with Crippen molar-refractivity contribution >= 4 is 18.4 Å². The summed E-state index contributed by atoms with van der Waals surface area (Å²) in [7, 11) is 0.597. The van der Waals surface area contributed by atoms with E-state index in [2.05, 4.69) is 16.8 Å². The quantitative estimate of drug-likeness (QED) is 0.527. The summed E-state index contributed by atoms with van der Waals surface area (Å²) < 4.78 is 0. The summed E-state index contributed by atoms with van der Waals surface area (Å²) in [5.74, 6) is 0.0727. The maximum absolute atomic E-state index is 12.1. The number of rotatable bonds is 4. The van der Waals surface area contributed by atoms with Gasteiger partial charge in [0.2, 0.25) is 0 Å². The summed E-state index contributed by atoms with van der Waals surface area (Å²) >= 11 is 0. The first-order chi connectivity index (χ1) is 9.06. The monoisotopic (exact) mass is 262 g/mol. The van der Waals surface area contributed by atoms with Crippen LogP contribution in [0.5, 0.6) is 0 Å². The van der Waals surface area contributed by atoms with Crippen LogP contribution in [0.15, 0.2) is 24.3 Å². The number of Topliss-reactive ketones (excluding diaryl/α,β-unsaturated/α-hetero) is 1. The number of hydrogen-bond acceptors (Lipinski definition) is 5. The number of benzene rings is 1. The molecular weight excluding hydrogens is 243 g/mol. The van der Waals surface area contributed by atoms with Gasteiger partial charge in [0.15, 0.2) is 5.78 Å². The van der Waals surface area contributed by atoms with E-state index in [-0.39, 0.29) is 5.78 Å². The highest BCUT2D eigenvalue weighted by atomic mass is 16.4. The van der Waals surface area contributed by atoms with Gasteiger partial charge in [-0.3, -0.25) is 9.69 Å². The van der Waals surface area contributed by atoms with Crippen LogP contribution in [0.3, 0.4) is 0 Å². The van der Waals surface area contributed by atoms with E-state index in [4.69, 9.17) is 10.0 Å². The number of ketones is 1. The van der Waals surface area contributed by atoms with Gasteiger partial charge in [0, 0.05) is 31.7 Å². The molecule has 6 heteroatoms. The Hall–Kier alpha value is -1.21. The average Bonchev–Trinajstić information content (AvgIpc) is 2.41. The molecule has 0 saturated carbocycles. The minimum Gasteiger partial charge on any atom is -0.423 e. The van der Waals surface area contributed by atoms with Gasteiger partial charge in [0.1, 0.15) is 0 Å². The molecule has 102 valence electrons. The van der Waals surface area contributed by atoms with Gasteiger partial charge in [0.25, 0.3) is 0 Å². The van der Waals surface area contributed by atoms with Gasteiger partial charge in [-0.15, -0.1) is 0 Å². The Morgan fingerprint density at radius 2 is 1.74 bits per heavy atom. The van der Waals surface area contributed by atoms with E-state index in [1.807, 2.05) is 0 Å². The third-order valence-corrected chi connectivity index (χ3v) is 3.49. The van der Waals surface area contributed by atoms with Crippen LogP contribution in [0, 0.1) is 0 Å². The van der Waals surface area contributed by atoms with Gasteiger partial charge in [-0.05, 0) is 12.5 Å². The van der Waals surface area contributed by atoms with Crippen molar-refractivity contribution in [2.45, 2.75) is 0 Å². The van der Waals surface area contributed by atoms with Crippen molar-refractivity contribution < 1.29 is 14.8 Å². The van der Waals surface area contributed by atoms with Gasteiger partial charge in [-0.25, -0.2) is 0 Å². The number of carbonyl (C=O) groups is 1. The van der Waals surface area contributed by atoms with E-state index in [0.29, 0.717) is 17.6 Å². The minimum atomic E-state index is -1.48. The summed E-state index contributed by atoms with van der Waals surface area (Å²) in [5, 5.41) is 18.0. The minimum absolute atomic E-state index is 0.0727. The molecule has 1 fully saturated rings. The molecule has 0 bridgehead atoms. The van der Waals surface area contributed by atoms with E-state index in [1.54, 1.807) is 24.3 Å². The van der Waals surface area contributed by atoms with Crippen molar-refractivity contribution in [3.63, 3.8) is 0 Å². The maximum Gasteiger partial charge on any atom is 0.488 e. The highest BCUT2D eigenvalue weighted by Crippen LogP contribution is 2.04. The lowest BCUT2D eigenvalue weighted by molar-refractivity contribution is 0.0876. The Bertz CT molecular complexity index is 428. The van der Waals surface area contributed by atoms with Crippen molar-refractivity contribution in [2.24, 2.45) is 0 Å². The summed E-state index contributed by atoms with van der Waals surface area (Å²) in [6, 6.07) is 6.43. The lowest BCUT2D eigenvalue weighted by Gasteiger charge is -2.31. The molecule has 1 aromatic rings. The first-order valence-electron chi connectivity index (χ1n) is 6.46. The average molecular weight is 262 g/mol. The fourth-order valence-electron chi connectivity index (χ4n) is 2.14. The molecule has 19 heavy (non-hydrogen) atoms. The third-order valence-electron chi connectivity index (χ3n) is 3.49. The highest BCUT2D eigenvalue weighted by Gasteiger charge is 2.18. The SMILES string of the molecule is CN1CCN(CC(=O)c2ccc(B(O)O)cc2)CC1. The van der Waals surface area contributed by atoms with Crippen molar-refractivity contribution in [2.75, 3.05) is 39.8 Å². The van der Waals surface area contributed by atoms with Gasteiger partial charge >= 0.3 is 7.12 Å². The Kier molecular flexibility index (Phi) is 4.71. The molecule has 0 aromatic heterocycles. The molecule has 1 saturated heterocycles. The molecule has 0 spiro atoms. The van der Waals surface area contributed by atoms with Gasteiger partial charge < -0.3 is 14.9 Å². The maximum atomic E-state index is 12.1. The smallest absolute Gasteiger partial charge is 0.423 e. The number of hydrogen-bond donors (Lipinski definition) is 2. The van der Waals surface area contributed by atoms with Crippen molar-refractivity contribution in [1.82, 2.24) is 9.80 Å². The molecule has 1 heterocycles. The van der Waals surface area contributed by atoms with E-state index in [0.717, 1.165) is 26.2 Å². The zero-order valence-corrected chi connectivity index (χ0v) is 11.1. The second-order valence-corrected chi connectivity index (χ2v) is 5.00. The van der Waals surface area contributed by atoms with E-state index in [1.165, 1.54) is 0 Å². The molecule has 1 aromatic carbocycles. The fraction of sp³-hybridized carbons (Fsp3) is 0.462. The van der Waals surface area contributed by atoms with Crippen molar-refractivity contribution in [1.29, 1.82) is 0 Å². The largest absolute Gasteiger partial charge is 0.488 e. The normalized spacial score (nSPS) is 17.4. The topological polar surface area (TPSA) is 64.0 Å². The first-order valence-corrected chi connectivity index (χ1v) is 6.46. The van der Waals surface area contributed by atoms with Crippen molar-refractivity contribution in [3.05, 3.63) is 29.8 Å². The van der Waals surface area contributed by atoms with Crippen LogP contribution in [0.25, 0.3) is 0 Å².